The lowest BCUT2D eigenvalue weighted by Crippen LogP contribution is -2.54. The van der Waals surface area contributed by atoms with Crippen LogP contribution >= 0.6 is 0 Å². The lowest BCUT2D eigenvalue weighted by molar-refractivity contribution is -0.146. The SMILES string of the molecule is CCC(CO)NC(=O)C(=O)N1CCN(c2ncccn2)CC1. The molecule has 0 bridgehead atoms. The Bertz CT molecular complexity index is 498. The highest BCUT2D eigenvalue weighted by atomic mass is 16.3. The fourth-order valence-electron chi connectivity index (χ4n) is 2.23. The fourth-order valence-corrected chi connectivity index (χ4v) is 2.23. The van der Waals surface area contributed by atoms with Gasteiger partial charge in [0.25, 0.3) is 0 Å². The molecule has 1 aromatic rings. The van der Waals surface area contributed by atoms with Crippen LogP contribution in [0.25, 0.3) is 0 Å². The van der Waals surface area contributed by atoms with E-state index in [1.165, 1.54) is 4.90 Å². The normalized spacial score (nSPS) is 16.3. The zero-order chi connectivity index (χ0) is 15.9. The second-order valence-corrected chi connectivity index (χ2v) is 5.09. The van der Waals surface area contributed by atoms with Crippen molar-refractivity contribution in [2.75, 3.05) is 37.7 Å². The Kier molecular flexibility index (Phi) is 5.65. The van der Waals surface area contributed by atoms with Gasteiger partial charge in [-0.3, -0.25) is 9.59 Å². The fraction of sp³-hybridized carbons (Fsp3) is 0.571. The maximum Gasteiger partial charge on any atom is 0.312 e. The number of piperazine rings is 1. The number of carbonyl (C=O) groups is 2. The van der Waals surface area contributed by atoms with Gasteiger partial charge in [-0.05, 0) is 12.5 Å². The first kappa shape index (κ1) is 16.2. The number of anilines is 1. The van der Waals surface area contributed by atoms with Gasteiger partial charge >= 0.3 is 11.8 Å². The quantitative estimate of drug-likeness (QED) is 0.693. The molecule has 0 spiro atoms. The second-order valence-electron chi connectivity index (χ2n) is 5.09. The Morgan fingerprint density at radius 2 is 1.91 bits per heavy atom. The van der Waals surface area contributed by atoms with Crippen molar-refractivity contribution in [3.8, 4) is 0 Å². The third-order valence-corrected chi connectivity index (χ3v) is 3.64. The maximum atomic E-state index is 12.1. The molecule has 1 aromatic heterocycles. The van der Waals surface area contributed by atoms with E-state index in [0.29, 0.717) is 38.5 Å². The number of carbonyl (C=O) groups excluding carboxylic acids is 2. The van der Waals surface area contributed by atoms with Gasteiger partial charge in [-0.2, -0.15) is 0 Å². The van der Waals surface area contributed by atoms with Crippen LogP contribution in [0.4, 0.5) is 5.95 Å². The number of nitrogens with one attached hydrogen (secondary N) is 1. The molecule has 2 amide bonds. The summed E-state index contributed by atoms with van der Waals surface area (Å²) in [5.74, 6) is -0.587. The van der Waals surface area contributed by atoms with Crippen molar-refractivity contribution < 1.29 is 14.7 Å². The van der Waals surface area contributed by atoms with Crippen LogP contribution < -0.4 is 10.2 Å². The van der Waals surface area contributed by atoms with Crippen molar-refractivity contribution >= 4 is 17.8 Å². The van der Waals surface area contributed by atoms with Gasteiger partial charge in [0.2, 0.25) is 5.95 Å². The molecule has 2 heterocycles. The van der Waals surface area contributed by atoms with Crippen LogP contribution in [0.15, 0.2) is 18.5 Å². The molecule has 8 nitrogen and oxygen atoms in total. The van der Waals surface area contributed by atoms with E-state index in [1.54, 1.807) is 18.5 Å². The average molecular weight is 307 g/mol. The summed E-state index contributed by atoms with van der Waals surface area (Å²) in [7, 11) is 0. The zero-order valence-corrected chi connectivity index (χ0v) is 12.6. The van der Waals surface area contributed by atoms with E-state index >= 15 is 0 Å². The van der Waals surface area contributed by atoms with Gasteiger partial charge in [0.05, 0.1) is 12.6 Å². The molecule has 1 atom stereocenters. The number of aliphatic hydroxyl groups is 1. The Morgan fingerprint density at radius 3 is 2.45 bits per heavy atom. The summed E-state index contributed by atoms with van der Waals surface area (Å²) in [6.45, 7) is 3.72. The summed E-state index contributed by atoms with van der Waals surface area (Å²) < 4.78 is 0. The van der Waals surface area contributed by atoms with Gasteiger partial charge in [0, 0.05) is 38.6 Å². The first-order valence-electron chi connectivity index (χ1n) is 7.38. The van der Waals surface area contributed by atoms with Gasteiger partial charge in [-0.1, -0.05) is 6.92 Å². The molecule has 8 heteroatoms. The summed E-state index contributed by atoms with van der Waals surface area (Å²) in [6.07, 6.45) is 3.93. The molecule has 0 aromatic carbocycles. The van der Waals surface area contributed by atoms with Crippen LogP contribution in [0, 0.1) is 0 Å². The van der Waals surface area contributed by atoms with E-state index in [9.17, 15) is 9.59 Å². The number of hydrogen-bond acceptors (Lipinski definition) is 6. The van der Waals surface area contributed by atoms with Crippen molar-refractivity contribution in [2.24, 2.45) is 0 Å². The average Bonchev–Trinajstić information content (AvgIpc) is 2.59. The Hall–Kier alpha value is -2.22. The highest BCUT2D eigenvalue weighted by molar-refractivity contribution is 6.35. The minimum atomic E-state index is -0.662. The summed E-state index contributed by atoms with van der Waals surface area (Å²) in [6, 6.07) is 1.37. The Balaban J connectivity index is 1.86. The highest BCUT2D eigenvalue weighted by Gasteiger charge is 2.27. The van der Waals surface area contributed by atoms with Gasteiger partial charge in [0.1, 0.15) is 0 Å². The molecule has 2 rings (SSSR count). The number of aromatic nitrogens is 2. The molecule has 120 valence electrons. The van der Waals surface area contributed by atoms with E-state index in [2.05, 4.69) is 15.3 Å². The molecule has 1 unspecified atom stereocenters. The molecular weight excluding hydrogens is 286 g/mol. The molecular formula is C14H21N5O3. The Morgan fingerprint density at radius 1 is 1.27 bits per heavy atom. The van der Waals surface area contributed by atoms with Crippen LogP contribution in [-0.4, -0.2) is 70.6 Å². The van der Waals surface area contributed by atoms with Gasteiger partial charge in [0.15, 0.2) is 0 Å². The van der Waals surface area contributed by atoms with Crippen LogP contribution in [0.3, 0.4) is 0 Å². The van der Waals surface area contributed by atoms with Gasteiger partial charge < -0.3 is 20.2 Å². The Labute approximate surface area is 129 Å². The largest absolute Gasteiger partial charge is 0.394 e. The summed E-state index contributed by atoms with van der Waals surface area (Å²) in [5.41, 5.74) is 0. The molecule has 0 radical (unpaired) electrons. The predicted molar refractivity (Wildman–Crippen MR) is 80.1 cm³/mol. The topological polar surface area (TPSA) is 98.7 Å². The lowest BCUT2D eigenvalue weighted by Gasteiger charge is -2.34. The third kappa shape index (κ3) is 3.91. The van der Waals surface area contributed by atoms with Crippen molar-refractivity contribution in [3.05, 3.63) is 18.5 Å². The van der Waals surface area contributed by atoms with Crippen LogP contribution in [-0.2, 0) is 9.59 Å². The van der Waals surface area contributed by atoms with Crippen LogP contribution in [0.1, 0.15) is 13.3 Å². The second kappa shape index (κ2) is 7.69. The van der Waals surface area contributed by atoms with Crippen molar-refractivity contribution in [2.45, 2.75) is 19.4 Å². The minimum absolute atomic E-state index is 0.172. The standard InChI is InChI=1S/C14H21N5O3/c1-2-11(10-20)17-12(21)13(22)18-6-8-19(9-7-18)14-15-4-3-5-16-14/h3-5,11,20H,2,6-10H2,1H3,(H,17,21). The van der Waals surface area contributed by atoms with Crippen LogP contribution in [0.2, 0.25) is 0 Å². The molecule has 1 aliphatic heterocycles. The lowest BCUT2D eigenvalue weighted by atomic mass is 10.2. The van der Waals surface area contributed by atoms with Crippen LogP contribution in [0.5, 0.6) is 0 Å². The molecule has 1 fully saturated rings. The van der Waals surface area contributed by atoms with Crippen molar-refractivity contribution in [3.63, 3.8) is 0 Å². The maximum absolute atomic E-state index is 12.1. The number of rotatable bonds is 4. The summed E-state index contributed by atoms with van der Waals surface area (Å²) >= 11 is 0. The first-order chi connectivity index (χ1) is 10.7. The molecule has 0 saturated carbocycles. The van der Waals surface area contributed by atoms with Gasteiger partial charge in [-0.15, -0.1) is 0 Å². The smallest absolute Gasteiger partial charge is 0.312 e. The first-order valence-corrected chi connectivity index (χ1v) is 7.38. The molecule has 1 aliphatic rings. The molecule has 22 heavy (non-hydrogen) atoms. The van der Waals surface area contributed by atoms with E-state index in [1.807, 2.05) is 11.8 Å². The minimum Gasteiger partial charge on any atom is -0.394 e. The number of amides is 2. The van der Waals surface area contributed by atoms with E-state index in [-0.39, 0.29) is 12.6 Å². The number of hydrogen-bond donors (Lipinski definition) is 2. The van der Waals surface area contributed by atoms with Crippen molar-refractivity contribution in [1.82, 2.24) is 20.2 Å². The molecule has 0 aliphatic carbocycles. The van der Waals surface area contributed by atoms with Gasteiger partial charge in [-0.25, -0.2) is 9.97 Å². The third-order valence-electron chi connectivity index (χ3n) is 3.64. The van der Waals surface area contributed by atoms with E-state index in [4.69, 9.17) is 5.11 Å². The van der Waals surface area contributed by atoms with E-state index in [0.717, 1.165) is 0 Å². The number of aliphatic hydroxyl groups excluding tert-OH is 1. The molecule has 1 saturated heterocycles. The van der Waals surface area contributed by atoms with Crippen molar-refractivity contribution in [1.29, 1.82) is 0 Å². The highest BCUT2D eigenvalue weighted by Crippen LogP contribution is 2.09. The predicted octanol–water partition coefficient (Wildman–Crippen LogP) is -0.988. The monoisotopic (exact) mass is 307 g/mol. The number of nitrogens with zero attached hydrogens (tertiary/aromatic N) is 4. The zero-order valence-electron chi connectivity index (χ0n) is 12.6. The van der Waals surface area contributed by atoms with E-state index < -0.39 is 11.8 Å². The summed E-state index contributed by atoms with van der Waals surface area (Å²) in [4.78, 5) is 35.8. The molecule has 2 N–H and O–H groups in total. The summed E-state index contributed by atoms with van der Waals surface area (Å²) in [5, 5.41) is 11.6.